The average Bonchev–Trinajstić information content (AvgIpc) is 2.07. The first-order chi connectivity index (χ1) is 7.39. The number of nitrogens with zero attached hydrogens (tertiary/aromatic N) is 1. The van der Waals surface area contributed by atoms with E-state index in [4.69, 9.17) is 5.73 Å². The van der Waals surface area contributed by atoms with Crippen LogP contribution in [0.1, 0.15) is 30.9 Å². The number of aromatic nitrogens is 1. The maximum absolute atomic E-state index is 12.5. The van der Waals surface area contributed by atoms with Crippen LogP contribution < -0.4 is 11.3 Å². The molecule has 1 aromatic rings. The molecule has 1 aliphatic carbocycles. The highest BCUT2D eigenvalue weighted by Crippen LogP contribution is 2.34. The van der Waals surface area contributed by atoms with E-state index in [2.05, 4.69) is 0 Å². The summed E-state index contributed by atoms with van der Waals surface area (Å²) < 4.78 is 38.6. The molecule has 0 aliphatic heterocycles. The normalized spacial score (nSPS) is 17.2. The van der Waals surface area contributed by atoms with Gasteiger partial charge in [-0.3, -0.25) is 4.79 Å². The van der Waals surface area contributed by atoms with E-state index in [0.29, 0.717) is 6.07 Å². The maximum Gasteiger partial charge on any atom is 0.417 e. The minimum Gasteiger partial charge on any atom is -0.394 e. The Morgan fingerprint density at radius 3 is 2.44 bits per heavy atom. The van der Waals surface area contributed by atoms with E-state index in [9.17, 15) is 18.0 Å². The minimum atomic E-state index is -4.46. The lowest BCUT2D eigenvalue weighted by molar-refractivity contribution is -0.138. The standard InChI is InChI=1S/C10H11F3N2O/c11-10(12,13)6-4-8(14)9(16)15(5-6)7-2-1-3-7/h4-5,7H,1-3,14H2. The Labute approximate surface area is 89.7 Å². The van der Waals surface area contributed by atoms with Gasteiger partial charge in [-0.1, -0.05) is 0 Å². The molecule has 1 aromatic heterocycles. The lowest BCUT2D eigenvalue weighted by atomic mass is 9.92. The van der Waals surface area contributed by atoms with Crippen molar-refractivity contribution in [2.75, 3.05) is 5.73 Å². The number of alkyl halides is 3. The fraction of sp³-hybridized carbons (Fsp3) is 0.500. The summed E-state index contributed by atoms with van der Waals surface area (Å²) in [7, 11) is 0. The molecule has 0 unspecified atom stereocenters. The molecule has 0 spiro atoms. The maximum atomic E-state index is 12.5. The first-order valence-corrected chi connectivity index (χ1v) is 4.98. The molecule has 6 heteroatoms. The van der Waals surface area contributed by atoms with Gasteiger partial charge in [-0.2, -0.15) is 13.2 Å². The first-order valence-electron chi connectivity index (χ1n) is 4.98. The predicted molar refractivity (Wildman–Crippen MR) is 53.0 cm³/mol. The molecular weight excluding hydrogens is 221 g/mol. The van der Waals surface area contributed by atoms with E-state index < -0.39 is 17.3 Å². The molecule has 0 saturated heterocycles. The average molecular weight is 232 g/mol. The molecule has 1 saturated carbocycles. The molecule has 1 heterocycles. The molecule has 16 heavy (non-hydrogen) atoms. The number of pyridine rings is 1. The van der Waals surface area contributed by atoms with Gasteiger partial charge < -0.3 is 10.3 Å². The van der Waals surface area contributed by atoms with Gasteiger partial charge in [0.2, 0.25) is 0 Å². The fourth-order valence-electron chi connectivity index (χ4n) is 1.72. The van der Waals surface area contributed by atoms with Crippen molar-refractivity contribution in [3.05, 3.63) is 28.2 Å². The van der Waals surface area contributed by atoms with Crippen molar-refractivity contribution < 1.29 is 13.2 Å². The second-order valence-electron chi connectivity index (χ2n) is 3.98. The van der Waals surface area contributed by atoms with Crippen molar-refractivity contribution in [1.29, 1.82) is 0 Å². The van der Waals surface area contributed by atoms with Gasteiger partial charge in [0, 0.05) is 12.2 Å². The Morgan fingerprint density at radius 1 is 1.38 bits per heavy atom. The van der Waals surface area contributed by atoms with Crippen molar-refractivity contribution in [3.63, 3.8) is 0 Å². The molecule has 2 rings (SSSR count). The molecule has 2 N–H and O–H groups in total. The van der Waals surface area contributed by atoms with Gasteiger partial charge in [-0.05, 0) is 25.3 Å². The quantitative estimate of drug-likeness (QED) is 0.806. The highest BCUT2D eigenvalue weighted by molar-refractivity contribution is 5.39. The third-order valence-electron chi connectivity index (χ3n) is 2.87. The second kappa shape index (κ2) is 3.54. The number of nitrogen functional groups attached to an aromatic ring is 1. The summed E-state index contributed by atoms with van der Waals surface area (Å²) >= 11 is 0. The van der Waals surface area contributed by atoms with E-state index in [1.807, 2.05) is 0 Å². The fourth-order valence-corrected chi connectivity index (χ4v) is 1.72. The smallest absolute Gasteiger partial charge is 0.394 e. The number of hydrogen-bond donors (Lipinski definition) is 1. The van der Waals surface area contributed by atoms with Gasteiger partial charge in [0.15, 0.2) is 0 Å². The second-order valence-corrected chi connectivity index (χ2v) is 3.98. The van der Waals surface area contributed by atoms with Crippen LogP contribution in [-0.4, -0.2) is 4.57 Å². The van der Waals surface area contributed by atoms with Crippen LogP contribution in [0, 0.1) is 0 Å². The Hall–Kier alpha value is -1.46. The molecule has 0 atom stereocenters. The minimum absolute atomic E-state index is 0.128. The van der Waals surface area contributed by atoms with Crippen molar-refractivity contribution >= 4 is 5.69 Å². The van der Waals surface area contributed by atoms with Gasteiger partial charge in [-0.15, -0.1) is 0 Å². The first kappa shape index (κ1) is 11.0. The van der Waals surface area contributed by atoms with Gasteiger partial charge in [0.1, 0.15) is 0 Å². The van der Waals surface area contributed by atoms with Gasteiger partial charge in [0.05, 0.1) is 11.3 Å². The molecule has 1 aliphatic rings. The summed E-state index contributed by atoms with van der Waals surface area (Å²) in [6.45, 7) is 0. The summed E-state index contributed by atoms with van der Waals surface area (Å²) in [6.07, 6.45) is -1.19. The summed E-state index contributed by atoms with van der Waals surface area (Å²) in [5.41, 5.74) is 3.56. The Kier molecular flexibility index (Phi) is 2.44. The zero-order valence-electron chi connectivity index (χ0n) is 8.42. The molecule has 0 radical (unpaired) electrons. The largest absolute Gasteiger partial charge is 0.417 e. The molecule has 0 amide bonds. The number of nitrogens with two attached hydrogens (primary N) is 1. The van der Waals surface area contributed by atoms with Crippen LogP contribution in [-0.2, 0) is 6.18 Å². The molecule has 88 valence electrons. The lowest BCUT2D eigenvalue weighted by Gasteiger charge is -2.28. The number of hydrogen-bond acceptors (Lipinski definition) is 2. The third-order valence-corrected chi connectivity index (χ3v) is 2.87. The van der Waals surface area contributed by atoms with E-state index in [-0.39, 0.29) is 11.7 Å². The van der Waals surface area contributed by atoms with E-state index in [1.54, 1.807) is 0 Å². The number of rotatable bonds is 1. The summed E-state index contributed by atoms with van der Waals surface area (Å²) in [5.74, 6) is 0. The van der Waals surface area contributed by atoms with Crippen LogP contribution in [0.3, 0.4) is 0 Å². The van der Waals surface area contributed by atoms with Crippen LogP contribution in [0.5, 0.6) is 0 Å². The van der Waals surface area contributed by atoms with E-state index in [1.165, 1.54) is 0 Å². The van der Waals surface area contributed by atoms with Crippen molar-refractivity contribution in [2.24, 2.45) is 0 Å². The highest BCUT2D eigenvalue weighted by Gasteiger charge is 2.33. The summed E-state index contributed by atoms with van der Waals surface area (Å²) in [6, 6.07) is 0.564. The van der Waals surface area contributed by atoms with Crippen LogP contribution >= 0.6 is 0 Å². The third kappa shape index (κ3) is 1.79. The van der Waals surface area contributed by atoms with Crippen molar-refractivity contribution in [2.45, 2.75) is 31.5 Å². The summed E-state index contributed by atoms with van der Waals surface area (Å²) in [4.78, 5) is 11.6. The van der Waals surface area contributed by atoms with Crippen molar-refractivity contribution in [3.8, 4) is 0 Å². The van der Waals surface area contributed by atoms with Gasteiger partial charge in [0.25, 0.3) is 5.56 Å². The SMILES string of the molecule is Nc1cc(C(F)(F)F)cn(C2CCC2)c1=O. The zero-order chi connectivity index (χ0) is 11.9. The van der Waals surface area contributed by atoms with Crippen LogP contribution in [0.2, 0.25) is 0 Å². The molecule has 0 aromatic carbocycles. The summed E-state index contributed by atoms with van der Waals surface area (Å²) in [5, 5.41) is 0. The lowest BCUT2D eigenvalue weighted by Crippen LogP contribution is -2.31. The number of halogens is 3. The Balaban J connectivity index is 2.51. The predicted octanol–water partition coefficient (Wildman–Crippen LogP) is 2.17. The highest BCUT2D eigenvalue weighted by atomic mass is 19.4. The van der Waals surface area contributed by atoms with Crippen LogP contribution in [0.15, 0.2) is 17.1 Å². The van der Waals surface area contributed by atoms with Crippen LogP contribution in [0.4, 0.5) is 18.9 Å². The topological polar surface area (TPSA) is 48.0 Å². The molecular formula is C10H11F3N2O. The molecule has 0 bridgehead atoms. The van der Waals surface area contributed by atoms with Crippen LogP contribution in [0.25, 0.3) is 0 Å². The molecule has 3 nitrogen and oxygen atoms in total. The number of anilines is 1. The van der Waals surface area contributed by atoms with Gasteiger partial charge in [-0.25, -0.2) is 0 Å². The van der Waals surface area contributed by atoms with Crippen molar-refractivity contribution in [1.82, 2.24) is 4.57 Å². The molecule has 1 fully saturated rings. The Morgan fingerprint density at radius 2 is 2.00 bits per heavy atom. The monoisotopic (exact) mass is 232 g/mol. The Bertz CT molecular complexity index is 460. The zero-order valence-corrected chi connectivity index (χ0v) is 8.42. The van der Waals surface area contributed by atoms with E-state index >= 15 is 0 Å². The van der Waals surface area contributed by atoms with E-state index in [0.717, 1.165) is 30.0 Å². The van der Waals surface area contributed by atoms with Gasteiger partial charge >= 0.3 is 6.18 Å².